The summed E-state index contributed by atoms with van der Waals surface area (Å²) in [5.74, 6) is 0.214. The molecule has 2 aromatic heterocycles. The third-order valence-corrected chi connectivity index (χ3v) is 5.13. The lowest BCUT2D eigenvalue weighted by molar-refractivity contribution is 0.0666. The van der Waals surface area contributed by atoms with Crippen LogP contribution < -0.4 is 0 Å². The molecule has 3 heterocycles. The molecule has 1 aliphatic heterocycles. The van der Waals surface area contributed by atoms with Crippen molar-refractivity contribution in [3.63, 3.8) is 0 Å². The molecule has 1 fully saturated rings. The van der Waals surface area contributed by atoms with Crippen LogP contribution in [0.1, 0.15) is 59.3 Å². The van der Waals surface area contributed by atoms with Crippen molar-refractivity contribution in [3.8, 4) is 0 Å². The Balaban J connectivity index is 1.76. The van der Waals surface area contributed by atoms with Crippen LogP contribution in [0.3, 0.4) is 0 Å². The monoisotopic (exact) mass is 367 g/mol. The van der Waals surface area contributed by atoms with Gasteiger partial charge in [0.1, 0.15) is 5.82 Å². The van der Waals surface area contributed by atoms with Gasteiger partial charge in [-0.1, -0.05) is 25.0 Å². The van der Waals surface area contributed by atoms with E-state index in [1.54, 1.807) is 10.5 Å². The highest BCUT2D eigenvalue weighted by Crippen LogP contribution is 2.31. The fourth-order valence-electron chi connectivity index (χ4n) is 3.91. The Hall–Kier alpha value is -2.83. The second kappa shape index (κ2) is 7.06. The van der Waals surface area contributed by atoms with Gasteiger partial charge in [-0.15, -0.1) is 10.2 Å². The summed E-state index contributed by atoms with van der Waals surface area (Å²) in [5, 5.41) is 8.22. The van der Waals surface area contributed by atoms with Crippen LogP contribution in [0, 0.1) is 19.7 Å². The van der Waals surface area contributed by atoms with Gasteiger partial charge in [-0.25, -0.2) is 9.37 Å². The molecule has 0 bridgehead atoms. The quantitative estimate of drug-likeness (QED) is 0.694. The third-order valence-electron chi connectivity index (χ3n) is 5.13. The number of hydrogen-bond acceptors (Lipinski definition) is 4. The number of carbonyl (C=O) groups excluding carboxylic acids is 1. The standard InChI is InChI=1S/C20H22FN5O/c1-13-11-14(2)26-18(23-24-20(26)22-13)19(27)25-10-5-3-4-9-17(25)15-7-6-8-16(21)12-15/h6-8,11-12,17H,3-5,9-10H2,1-2H3/t17-/m0/s1. The first-order valence-electron chi connectivity index (χ1n) is 9.30. The van der Waals surface area contributed by atoms with Crippen molar-refractivity contribution in [1.82, 2.24) is 24.5 Å². The average molecular weight is 367 g/mol. The summed E-state index contributed by atoms with van der Waals surface area (Å²) in [6.07, 6.45) is 3.79. The molecule has 3 aromatic rings. The maximum Gasteiger partial charge on any atom is 0.292 e. The molecule has 1 aliphatic rings. The number of fused-ring (bicyclic) bond motifs is 1. The number of rotatable bonds is 2. The largest absolute Gasteiger partial charge is 0.329 e. The van der Waals surface area contributed by atoms with E-state index in [4.69, 9.17) is 0 Å². The lowest BCUT2D eigenvalue weighted by Crippen LogP contribution is -2.36. The van der Waals surface area contributed by atoms with Gasteiger partial charge in [0.05, 0.1) is 6.04 Å². The van der Waals surface area contributed by atoms with Gasteiger partial charge in [-0.05, 0) is 50.5 Å². The van der Waals surface area contributed by atoms with Gasteiger partial charge in [-0.3, -0.25) is 9.20 Å². The Morgan fingerprint density at radius 2 is 2.00 bits per heavy atom. The molecule has 0 unspecified atom stereocenters. The zero-order chi connectivity index (χ0) is 19.0. The van der Waals surface area contributed by atoms with Crippen molar-refractivity contribution in [1.29, 1.82) is 0 Å². The molecule has 1 saturated heterocycles. The maximum absolute atomic E-state index is 13.8. The molecule has 1 amide bonds. The second-order valence-electron chi connectivity index (χ2n) is 7.12. The Morgan fingerprint density at radius 1 is 1.15 bits per heavy atom. The summed E-state index contributed by atoms with van der Waals surface area (Å²) in [7, 11) is 0. The molecule has 0 aliphatic carbocycles. The molecule has 27 heavy (non-hydrogen) atoms. The summed E-state index contributed by atoms with van der Waals surface area (Å²) >= 11 is 0. The number of amides is 1. The predicted molar refractivity (Wildman–Crippen MR) is 98.9 cm³/mol. The van der Waals surface area contributed by atoms with Crippen LogP contribution in [-0.4, -0.2) is 36.9 Å². The highest BCUT2D eigenvalue weighted by atomic mass is 19.1. The second-order valence-corrected chi connectivity index (χ2v) is 7.12. The smallest absolute Gasteiger partial charge is 0.292 e. The maximum atomic E-state index is 13.8. The van der Waals surface area contributed by atoms with E-state index in [-0.39, 0.29) is 23.6 Å². The fraction of sp³-hybridized carbons (Fsp3) is 0.400. The number of nitrogens with zero attached hydrogens (tertiary/aromatic N) is 5. The minimum atomic E-state index is -0.285. The number of likely N-dealkylation sites (tertiary alicyclic amines) is 1. The number of hydrogen-bond donors (Lipinski definition) is 0. The van der Waals surface area contributed by atoms with Crippen LogP contribution in [0.15, 0.2) is 30.3 Å². The van der Waals surface area contributed by atoms with Crippen LogP contribution in [0.25, 0.3) is 5.78 Å². The average Bonchev–Trinajstić information content (AvgIpc) is 2.90. The highest BCUT2D eigenvalue weighted by molar-refractivity contribution is 5.91. The van der Waals surface area contributed by atoms with Gasteiger partial charge in [0, 0.05) is 17.9 Å². The highest BCUT2D eigenvalue weighted by Gasteiger charge is 2.31. The molecular formula is C20H22FN5O. The number of halogens is 1. The molecule has 4 rings (SSSR count). The van der Waals surface area contributed by atoms with E-state index in [1.165, 1.54) is 12.1 Å². The molecule has 0 N–H and O–H groups in total. The zero-order valence-electron chi connectivity index (χ0n) is 15.5. The zero-order valence-corrected chi connectivity index (χ0v) is 15.5. The molecule has 1 atom stereocenters. The van der Waals surface area contributed by atoms with Crippen molar-refractivity contribution in [2.45, 2.75) is 45.6 Å². The van der Waals surface area contributed by atoms with Crippen molar-refractivity contribution in [3.05, 3.63) is 58.9 Å². The SMILES string of the molecule is Cc1cc(C)n2c(C(=O)N3CCCCC[C@H]3c3cccc(F)c3)nnc2n1. The van der Waals surface area contributed by atoms with Crippen LogP contribution in [0.4, 0.5) is 4.39 Å². The summed E-state index contributed by atoms with van der Waals surface area (Å²) in [6, 6.07) is 8.27. The van der Waals surface area contributed by atoms with Crippen molar-refractivity contribution in [2.75, 3.05) is 6.54 Å². The van der Waals surface area contributed by atoms with Gasteiger partial charge in [0.15, 0.2) is 0 Å². The molecule has 1 aromatic carbocycles. The summed E-state index contributed by atoms with van der Waals surface area (Å²) in [6.45, 7) is 4.42. The first-order valence-corrected chi connectivity index (χ1v) is 9.30. The Labute approximate surface area is 157 Å². The van der Waals surface area contributed by atoms with Gasteiger partial charge < -0.3 is 4.90 Å². The van der Waals surface area contributed by atoms with Crippen LogP contribution in [0.2, 0.25) is 0 Å². The Kier molecular flexibility index (Phi) is 4.59. The van der Waals surface area contributed by atoms with E-state index in [2.05, 4.69) is 15.2 Å². The van der Waals surface area contributed by atoms with Crippen molar-refractivity contribution < 1.29 is 9.18 Å². The minimum absolute atomic E-state index is 0.165. The van der Waals surface area contributed by atoms with Crippen LogP contribution in [0.5, 0.6) is 0 Å². The number of aryl methyl sites for hydroxylation is 2. The number of aromatic nitrogens is 4. The number of carbonyl (C=O) groups is 1. The minimum Gasteiger partial charge on any atom is -0.329 e. The normalized spacial score (nSPS) is 17.9. The van der Waals surface area contributed by atoms with Gasteiger partial charge >= 0.3 is 0 Å². The molecular weight excluding hydrogens is 345 g/mol. The van der Waals surface area contributed by atoms with Gasteiger partial charge in [-0.2, -0.15) is 0 Å². The van der Waals surface area contributed by atoms with Crippen LogP contribution >= 0.6 is 0 Å². The molecule has 0 spiro atoms. The van der Waals surface area contributed by atoms with E-state index >= 15 is 0 Å². The Morgan fingerprint density at radius 3 is 2.81 bits per heavy atom. The van der Waals surface area contributed by atoms with E-state index in [0.29, 0.717) is 12.3 Å². The lowest BCUT2D eigenvalue weighted by Gasteiger charge is -2.30. The van der Waals surface area contributed by atoms with E-state index in [9.17, 15) is 9.18 Å². The predicted octanol–water partition coefficient (Wildman–Crippen LogP) is 3.64. The lowest BCUT2D eigenvalue weighted by atomic mass is 10.0. The molecule has 0 radical (unpaired) electrons. The molecule has 7 heteroatoms. The van der Waals surface area contributed by atoms with E-state index in [0.717, 1.165) is 42.6 Å². The Bertz CT molecular complexity index is 999. The fourth-order valence-corrected chi connectivity index (χ4v) is 3.91. The van der Waals surface area contributed by atoms with Crippen LogP contribution in [-0.2, 0) is 0 Å². The van der Waals surface area contributed by atoms with E-state index < -0.39 is 0 Å². The van der Waals surface area contributed by atoms with Gasteiger partial charge in [0.2, 0.25) is 5.82 Å². The first-order chi connectivity index (χ1) is 13.0. The summed E-state index contributed by atoms with van der Waals surface area (Å²) < 4.78 is 15.5. The molecule has 140 valence electrons. The molecule has 0 saturated carbocycles. The topological polar surface area (TPSA) is 63.4 Å². The van der Waals surface area contributed by atoms with Gasteiger partial charge in [0.25, 0.3) is 11.7 Å². The van der Waals surface area contributed by atoms with E-state index in [1.807, 2.05) is 30.9 Å². The van der Waals surface area contributed by atoms with Crippen molar-refractivity contribution in [2.24, 2.45) is 0 Å². The molecule has 6 nitrogen and oxygen atoms in total. The summed E-state index contributed by atoms with van der Waals surface area (Å²) in [5.41, 5.74) is 2.52. The number of benzene rings is 1. The van der Waals surface area contributed by atoms with Crippen molar-refractivity contribution >= 4 is 11.7 Å². The third kappa shape index (κ3) is 3.29. The first kappa shape index (κ1) is 17.6. The summed E-state index contributed by atoms with van der Waals surface area (Å²) in [4.78, 5) is 19.6.